The van der Waals surface area contributed by atoms with Crippen molar-refractivity contribution in [3.8, 4) is 11.5 Å². The number of rotatable bonds is 5. The van der Waals surface area contributed by atoms with Gasteiger partial charge >= 0.3 is 0 Å². The zero-order valence-corrected chi connectivity index (χ0v) is 17.2. The average Bonchev–Trinajstić information content (AvgIpc) is 3.11. The number of nitrogens with zero attached hydrogens (tertiary/aromatic N) is 3. The molecule has 9 heteroatoms. The molecule has 0 aliphatic carbocycles. The molecule has 1 amide bonds. The Kier molecular flexibility index (Phi) is 5.32. The van der Waals surface area contributed by atoms with E-state index in [1.54, 1.807) is 18.0 Å². The molecule has 0 saturated carbocycles. The highest BCUT2D eigenvalue weighted by molar-refractivity contribution is 7.99. The Morgan fingerprint density at radius 1 is 1.21 bits per heavy atom. The molecule has 0 unspecified atom stereocenters. The third-order valence-electron chi connectivity index (χ3n) is 4.09. The number of methoxy groups -OCH3 is 1. The standard InChI is InChI=1S/C20H16N4O3S2/c1-11-15(4-3-8-21-11)28-12-5-6-13-16(10-12)29-20(23-13)24-19(26)17-18(25)14(27-2)7-9-22-17/h3-10,25H,1-2H3,(H,23,24,26). The fraction of sp³-hybridized carbons (Fsp3) is 0.100. The van der Waals surface area contributed by atoms with Crippen LogP contribution in [0.25, 0.3) is 10.2 Å². The van der Waals surface area contributed by atoms with Gasteiger partial charge < -0.3 is 9.84 Å². The Hall–Kier alpha value is -3.17. The number of thiazole rings is 1. The van der Waals surface area contributed by atoms with Gasteiger partial charge in [-0.25, -0.2) is 9.97 Å². The molecule has 0 aliphatic heterocycles. The van der Waals surface area contributed by atoms with E-state index in [0.29, 0.717) is 5.13 Å². The van der Waals surface area contributed by atoms with Crippen LogP contribution < -0.4 is 10.1 Å². The monoisotopic (exact) mass is 424 g/mol. The number of fused-ring (bicyclic) bond motifs is 1. The number of anilines is 1. The molecule has 29 heavy (non-hydrogen) atoms. The van der Waals surface area contributed by atoms with Crippen LogP contribution in [0.2, 0.25) is 0 Å². The molecule has 0 radical (unpaired) electrons. The van der Waals surface area contributed by atoms with E-state index < -0.39 is 5.91 Å². The number of carbonyl (C=O) groups excluding carboxylic acids is 1. The summed E-state index contributed by atoms with van der Waals surface area (Å²) in [5.41, 5.74) is 1.63. The van der Waals surface area contributed by atoms with E-state index in [1.165, 1.54) is 30.7 Å². The normalized spacial score (nSPS) is 10.8. The number of pyridine rings is 2. The number of benzene rings is 1. The Morgan fingerprint density at radius 2 is 2.07 bits per heavy atom. The van der Waals surface area contributed by atoms with Gasteiger partial charge in [0, 0.05) is 28.3 Å². The fourth-order valence-corrected chi connectivity index (χ4v) is 4.54. The van der Waals surface area contributed by atoms with Crippen molar-refractivity contribution in [1.82, 2.24) is 15.0 Å². The van der Waals surface area contributed by atoms with Gasteiger partial charge in [-0.15, -0.1) is 0 Å². The van der Waals surface area contributed by atoms with Crippen LogP contribution in [0.4, 0.5) is 5.13 Å². The van der Waals surface area contributed by atoms with Crippen molar-refractivity contribution in [2.24, 2.45) is 0 Å². The molecule has 3 heterocycles. The topological polar surface area (TPSA) is 97.2 Å². The molecule has 0 fully saturated rings. The van der Waals surface area contributed by atoms with Crippen molar-refractivity contribution < 1.29 is 14.6 Å². The molecule has 146 valence electrons. The van der Waals surface area contributed by atoms with E-state index in [1.807, 2.05) is 37.3 Å². The Morgan fingerprint density at radius 3 is 2.86 bits per heavy atom. The van der Waals surface area contributed by atoms with Gasteiger partial charge in [0.05, 0.1) is 23.0 Å². The number of ether oxygens (including phenoxy) is 1. The summed E-state index contributed by atoms with van der Waals surface area (Å²) in [6.45, 7) is 1.98. The number of nitrogens with one attached hydrogen (secondary N) is 1. The van der Waals surface area contributed by atoms with Crippen molar-refractivity contribution in [2.45, 2.75) is 16.7 Å². The molecule has 3 aromatic heterocycles. The van der Waals surface area contributed by atoms with Gasteiger partial charge in [-0.05, 0) is 37.3 Å². The van der Waals surface area contributed by atoms with Crippen molar-refractivity contribution in [3.05, 3.63) is 60.2 Å². The van der Waals surface area contributed by atoms with E-state index >= 15 is 0 Å². The smallest absolute Gasteiger partial charge is 0.280 e. The van der Waals surface area contributed by atoms with Crippen LogP contribution in [-0.4, -0.2) is 33.1 Å². The summed E-state index contributed by atoms with van der Waals surface area (Å²) >= 11 is 2.98. The highest BCUT2D eigenvalue weighted by atomic mass is 32.2. The number of aromatic hydroxyl groups is 1. The molecule has 0 aliphatic rings. The zero-order valence-electron chi connectivity index (χ0n) is 15.5. The van der Waals surface area contributed by atoms with E-state index in [-0.39, 0.29) is 17.2 Å². The first-order valence-electron chi connectivity index (χ1n) is 8.58. The lowest BCUT2D eigenvalue weighted by Crippen LogP contribution is -2.13. The molecular formula is C20H16N4O3S2. The zero-order chi connectivity index (χ0) is 20.4. The second-order valence-electron chi connectivity index (χ2n) is 6.00. The minimum absolute atomic E-state index is 0.119. The van der Waals surface area contributed by atoms with Crippen molar-refractivity contribution in [3.63, 3.8) is 0 Å². The van der Waals surface area contributed by atoms with Crippen LogP contribution in [0, 0.1) is 6.92 Å². The first-order chi connectivity index (χ1) is 14.0. The second-order valence-corrected chi connectivity index (χ2v) is 8.15. The van der Waals surface area contributed by atoms with Gasteiger partial charge in [-0.2, -0.15) is 0 Å². The van der Waals surface area contributed by atoms with E-state index in [9.17, 15) is 9.90 Å². The summed E-state index contributed by atoms with van der Waals surface area (Å²) in [5.74, 6) is -0.679. The number of aryl methyl sites for hydroxylation is 1. The summed E-state index contributed by atoms with van der Waals surface area (Å²) in [6, 6.07) is 11.4. The summed E-state index contributed by atoms with van der Waals surface area (Å²) < 4.78 is 5.95. The Labute approximate surface area is 174 Å². The minimum Gasteiger partial charge on any atom is -0.503 e. The first-order valence-corrected chi connectivity index (χ1v) is 10.2. The molecular weight excluding hydrogens is 408 g/mol. The van der Waals surface area contributed by atoms with Crippen LogP contribution in [0.3, 0.4) is 0 Å². The van der Waals surface area contributed by atoms with E-state index in [0.717, 1.165) is 25.7 Å². The fourth-order valence-electron chi connectivity index (χ4n) is 2.65. The lowest BCUT2D eigenvalue weighted by molar-refractivity contribution is 0.101. The average molecular weight is 425 g/mol. The third kappa shape index (κ3) is 4.01. The number of carbonyl (C=O) groups is 1. The van der Waals surface area contributed by atoms with Gasteiger partial charge in [0.15, 0.2) is 22.3 Å². The van der Waals surface area contributed by atoms with Gasteiger partial charge in [-0.3, -0.25) is 15.1 Å². The first kappa shape index (κ1) is 19.2. The van der Waals surface area contributed by atoms with Crippen LogP contribution >= 0.6 is 23.1 Å². The van der Waals surface area contributed by atoms with Gasteiger partial charge in [-0.1, -0.05) is 23.1 Å². The van der Waals surface area contributed by atoms with Gasteiger partial charge in [0.25, 0.3) is 5.91 Å². The summed E-state index contributed by atoms with van der Waals surface area (Å²) in [5, 5.41) is 13.2. The lowest BCUT2D eigenvalue weighted by atomic mass is 10.3. The minimum atomic E-state index is -0.555. The summed E-state index contributed by atoms with van der Waals surface area (Å²) in [6.07, 6.45) is 3.17. The maximum Gasteiger partial charge on any atom is 0.280 e. The molecule has 7 nitrogen and oxygen atoms in total. The second kappa shape index (κ2) is 8.06. The number of hydrogen-bond acceptors (Lipinski definition) is 8. The quantitative estimate of drug-likeness (QED) is 0.486. The summed E-state index contributed by atoms with van der Waals surface area (Å²) in [7, 11) is 1.41. The maximum absolute atomic E-state index is 12.5. The molecule has 4 aromatic rings. The van der Waals surface area contributed by atoms with Crippen molar-refractivity contribution in [1.29, 1.82) is 0 Å². The molecule has 2 N–H and O–H groups in total. The van der Waals surface area contributed by atoms with E-state index in [4.69, 9.17) is 4.74 Å². The molecule has 0 atom stereocenters. The largest absolute Gasteiger partial charge is 0.503 e. The third-order valence-corrected chi connectivity index (χ3v) is 6.16. The molecule has 0 bridgehead atoms. The number of aromatic nitrogens is 3. The maximum atomic E-state index is 12.5. The Balaban J connectivity index is 1.56. The SMILES string of the molecule is COc1ccnc(C(=O)Nc2nc3ccc(Sc4cccnc4C)cc3s2)c1O. The lowest BCUT2D eigenvalue weighted by Gasteiger charge is -2.06. The highest BCUT2D eigenvalue weighted by Gasteiger charge is 2.18. The summed E-state index contributed by atoms with van der Waals surface area (Å²) in [4.78, 5) is 27.3. The predicted molar refractivity (Wildman–Crippen MR) is 113 cm³/mol. The Bertz CT molecular complexity index is 1210. The molecule has 0 spiro atoms. The van der Waals surface area contributed by atoms with Crippen molar-refractivity contribution in [2.75, 3.05) is 12.4 Å². The van der Waals surface area contributed by atoms with Gasteiger partial charge in [0.2, 0.25) is 0 Å². The highest BCUT2D eigenvalue weighted by Crippen LogP contribution is 2.35. The van der Waals surface area contributed by atoms with Crippen LogP contribution in [0.1, 0.15) is 16.2 Å². The number of amides is 1. The molecule has 0 saturated heterocycles. The molecule has 1 aromatic carbocycles. The van der Waals surface area contributed by atoms with Crippen LogP contribution in [0.5, 0.6) is 11.5 Å². The number of hydrogen-bond donors (Lipinski definition) is 2. The van der Waals surface area contributed by atoms with E-state index in [2.05, 4.69) is 20.3 Å². The predicted octanol–water partition coefficient (Wildman–Crippen LogP) is 4.51. The van der Waals surface area contributed by atoms with Crippen molar-refractivity contribution >= 4 is 44.4 Å². The van der Waals surface area contributed by atoms with Gasteiger partial charge in [0.1, 0.15) is 0 Å². The van der Waals surface area contributed by atoms with Crippen LogP contribution in [0.15, 0.2) is 58.6 Å². The van der Waals surface area contributed by atoms with Crippen LogP contribution in [-0.2, 0) is 0 Å². The molecule has 4 rings (SSSR count).